The summed E-state index contributed by atoms with van der Waals surface area (Å²) in [5.74, 6) is -0.662. The van der Waals surface area contributed by atoms with Crippen LogP contribution in [-0.4, -0.2) is 18.0 Å². The highest BCUT2D eigenvalue weighted by Crippen LogP contribution is 2.45. The van der Waals surface area contributed by atoms with Gasteiger partial charge in [0.1, 0.15) is 5.82 Å². The van der Waals surface area contributed by atoms with E-state index in [2.05, 4.69) is 0 Å². The number of carbonyl (C=O) groups excluding carboxylic acids is 1. The van der Waals surface area contributed by atoms with Crippen molar-refractivity contribution in [3.8, 4) is 0 Å². The van der Waals surface area contributed by atoms with Gasteiger partial charge in [0.25, 0.3) is 0 Å². The fraction of sp³-hybridized carbons (Fsp3) is 0.533. The van der Waals surface area contributed by atoms with Gasteiger partial charge < -0.3 is 4.74 Å². The van der Waals surface area contributed by atoms with Crippen LogP contribution in [0.4, 0.5) is 4.39 Å². The van der Waals surface area contributed by atoms with Crippen molar-refractivity contribution in [2.45, 2.75) is 37.7 Å². The molecule has 2 fully saturated rings. The van der Waals surface area contributed by atoms with Gasteiger partial charge in [0.2, 0.25) is 0 Å². The first-order chi connectivity index (χ1) is 9.11. The van der Waals surface area contributed by atoms with E-state index in [0.717, 1.165) is 19.3 Å². The molecular weight excluding hydrogens is 267 g/mol. The smallest absolute Gasteiger partial charge is 0.167 e. The molecular formula is C15H16ClFO2. The number of hydrogen-bond acceptors (Lipinski definition) is 2. The zero-order valence-electron chi connectivity index (χ0n) is 10.6. The van der Waals surface area contributed by atoms with Crippen molar-refractivity contribution in [3.63, 3.8) is 0 Å². The monoisotopic (exact) mass is 282 g/mol. The Balaban J connectivity index is 1.81. The van der Waals surface area contributed by atoms with Crippen LogP contribution < -0.4 is 0 Å². The molecule has 0 radical (unpaired) electrons. The van der Waals surface area contributed by atoms with Gasteiger partial charge in [-0.25, -0.2) is 4.39 Å². The third-order valence-electron chi connectivity index (χ3n) is 4.35. The van der Waals surface area contributed by atoms with Crippen LogP contribution in [0.15, 0.2) is 18.2 Å². The molecule has 1 saturated heterocycles. The second-order valence-electron chi connectivity index (χ2n) is 5.54. The second-order valence-corrected chi connectivity index (χ2v) is 5.92. The average molecular weight is 283 g/mol. The first kappa shape index (κ1) is 13.1. The van der Waals surface area contributed by atoms with Gasteiger partial charge in [-0.1, -0.05) is 17.7 Å². The van der Waals surface area contributed by atoms with Gasteiger partial charge in [0.15, 0.2) is 5.78 Å². The molecule has 19 heavy (non-hydrogen) atoms. The molecule has 2 nitrogen and oxygen atoms in total. The zero-order chi connectivity index (χ0) is 13.5. The van der Waals surface area contributed by atoms with Crippen LogP contribution in [0, 0.1) is 11.7 Å². The van der Waals surface area contributed by atoms with E-state index in [1.54, 1.807) is 6.07 Å². The van der Waals surface area contributed by atoms with Crippen LogP contribution in [0.2, 0.25) is 5.02 Å². The van der Waals surface area contributed by atoms with E-state index in [1.807, 2.05) is 0 Å². The summed E-state index contributed by atoms with van der Waals surface area (Å²) >= 11 is 5.90. The van der Waals surface area contributed by atoms with Crippen LogP contribution in [0.5, 0.6) is 0 Å². The molecule has 1 aromatic rings. The van der Waals surface area contributed by atoms with E-state index < -0.39 is 5.82 Å². The zero-order valence-corrected chi connectivity index (χ0v) is 11.4. The van der Waals surface area contributed by atoms with Crippen molar-refractivity contribution in [1.82, 2.24) is 0 Å². The topological polar surface area (TPSA) is 26.3 Å². The molecule has 0 N–H and O–H groups in total. The Morgan fingerprint density at radius 1 is 1.42 bits per heavy atom. The van der Waals surface area contributed by atoms with Crippen LogP contribution in [0.1, 0.15) is 42.5 Å². The normalized spacial score (nSPS) is 25.1. The van der Waals surface area contributed by atoms with Gasteiger partial charge in [-0.3, -0.25) is 4.79 Å². The number of carbonyl (C=O) groups is 1. The Morgan fingerprint density at radius 3 is 2.89 bits per heavy atom. The summed E-state index contributed by atoms with van der Waals surface area (Å²) < 4.78 is 19.2. The molecule has 0 amide bonds. The van der Waals surface area contributed by atoms with Crippen LogP contribution in [0.25, 0.3) is 0 Å². The van der Waals surface area contributed by atoms with Gasteiger partial charge in [0, 0.05) is 18.1 Å². The molecule has 2 aliphatic rings. The van der Waals surface area contributed by atoms with Crippen molar-refractivity contribution in [2.24, 2.45) is 5.92 Å². The van der Waals surface area contributed by atoms with Crippen LogP contribution in [0.3, 0.4) is 0 Å². The van der Waals surface area contributed by atoms with Crippen molar-refractivity contribution >= 4 is 17.4 Å². The summed E-state index contributed by atoms with van der Waals surface area (Å²) in [5.41, 5.74) is 0.223. The molecule has 1 atom stereocenters. The number of ketones is 1. The van der Waals surface area contributed by atoms with Crippen molar-refractivity contribution in [2.75, 3.05) is 6.61 Å². The van der Waals surface area contributed by atoms with E-state index in [4.69, 9.17) is 16.3 Å². The highest BCUT2D eigenvalue weighted by molar-refractivity contribution is 6.34. The highest BCUT2D eigenvalue weighted by Gasteiger charge is 2.44. The second kappa shape index (κ2) is 4.88. The summed E-state index contributed by atoms with van der Waals surface area (Å²) in [4.78, 5) is 12.5. The molecule has 1 aliphatic heterocycles. The summed E-state index contributed by atoms with van der Waals surface area (Å²) in [6, 6.07) is 4.42. The number of hydrogen-bond donors (Lipinski definition) is 0. The fourth-order valence-corrected chi connectivity index (χ4v) is 3.30. The minimum Gasteiger partial charge on any atom is -0.375 e. The molecule has 1 unspecified atom stereocenters. The van der Waals surface area contributed by atoms with Gasteiger partial charge in [0.05, 0.1) is 10.6 Å². The lowest BCUT2D eigenvalue weighted by atomic mass is 9.70. The molecule has 3 rings (SSSR count). The lowest BCUT2D eigenvalue weighted by molar-refractivity contribution is -0.137. The fourth-order valence-electron chi connectivity index (χ4n) is 3.09. The summed E-state index contributed by atoms with van der Waals surface area (Å²) in [7, 11) is 0. The van der Waals surface area contributed by atoms with Crippen molar-refractivity contribution in [3.05, 3.63) is 34.6 Å². The number of benzene rings is 1. The summed E-state index contributed by atoms with van der Waals surface area (Å²) in [5, 5.41) is -0.0540. The van der Waals surface area contributed by atoms with Gasteiger partial charge in [-0.2, -0.15) is 0 Å². The Kier molecular flexibility index (Phi) is 3.35. The van der Waals surface area contributed by atoms with Gasteiger partial charge in [-0.05, 0) is 44.2 Å². The molecule has 1 aromatic carbocycles. The van der Waals surface area contributed by atoms with E-state index in [9.17, 15) is 9.18 Å². The van der Waals surface area contributed by atoms with E-state index in [0.29, 0.717) is 18.6 Å². The quantitative estimate of drug-likeness (QED) is 0.766. The van der Waals surface area contributed by atoms with Gasteiger partial charge in [-0.15, -0.1) is 0 Å². The molecule has 4 heteroatoms. The molecule has 1 aliphatic carbocycles. The maximum atomic E-state index is 13.4. The Morgan fingerprint density at radius 2 is 2.21 bits per heavy atom. The minimum absolute atomic E-state index is 0.0425. The van der Waals surface area contributed by atoms with Crippen LogP contribution >= 0.6 is 11.6 Å². The highest BCUT2D eigenvalue weighted by atomic mass is 35.5. The Bertz CT molecular complexity index is 511. The maximum absolute atomic E-state index is 13.4. The molecule has 1 saturated carbocycles. The number of rotatable bonds is 2. The molecule has 0 aromatic heterocycles. The largest absolute Gasteiger partial charge is 0.375 e. The van der Waals surface area contributed by atoms with E-state index in [1.165, 1.54) is 18.6 Å². The van der Waals surface area contributed by atoms with E-state index in [-0.39, 0.29) is 22.3 Å². The predicted molar refractivity (Wildman–Crippen MR) is 71.0 cm³/mol. The number of halogens is 2. The number of ether oxygens (including phenoxy) is 1. The maximum Gasteiger partial charge on any atom is 0.167 e. The molecule has 1 heterocycles. The third kappa shape index (κ3) is 2.30. The lowest BCUT2D eigenvalue weighted by Gasteiger charge is -2.46. The molecule has 1 spiro atoms. The van der Waals surface area contributed by atoms with E-state index >= 15 is 0 Å². The summed E-state index contributed by atoms with van der Waals surface area (Å²) in [6.45, 7) is 0.614. The lowest BCUT2D eigenvalue weighted by Crippen LogP contribution is -2.47. The standard InChI is InChI=1S/C15H16ClFO2/c16-13-11(3-1-4-12(13)17)14(18)10-5-8-19-15(9-10)6-2-7-15/h1,3-4,10H,2,5-9H2. The Labute approximate surface area is 116 Å². The Hall–Kier alpha value is -0.930. The first-order valence-corrected chi connectivity index (χ1v) is 7.11. The van der Waals surface area contributed by atoms with Crippen molar-refractivity contribution in [1.29, 1.82) is 0 Å². The predicted octanol–water partition coefficient (Wildman–Crippen LogP) is 4.01. The molecule has 102 valence electrons. The molecule has 0 bridgehead atoms. The summed E-state index contributed by atoms with van der Waals surface area (Å²) in [6.07, 6.45) is 4.69. The number of Topliss-reactive ketones (excluding diaryl/α,β-unsaturated/α-hetero) is 1. The van der Waals surface area contributed by atoms with Gasteiger partial charge >= 0.3 is 0 Å². The van der Waals surface area contributed by atoms with Crippen molar-refractivity contribution < 1.29 is 13.9 Å². The first-order valence-electron chi connectivity index (χ1n) is 6.73. The third-order valence-corrected chi connectivity index (χ3v) is 4.73. The SMILES string of the molecule is O=C(c1cccc(F)c1Cl)C1CCOC2(CCC2)C1. The minimum atomic E-state index is -0.530. The average Bonchev–Trinajstić information content (AvgIpc) is 2.39. The van der Waals surface area contributed by atoms with Crippen LogP contribution in [-0.2, 0) is 4.74 Å².